The number of carbonyl (C=O) groups excluding carboxylic acids is 4. The summed E-state index contributed by atoms with van der Waals surface area (Å²) >= 11 is 0. The predicted octanol–water partition coefficient (Wildman–Crippen LogP) is 5.70. The lowest BCUT2D eigenvalue weighted by atomic mass is 10.0. The molecule has 6 rings (SSSR count). The van der Waals surface area contributed by atoms with Crippen LogP contribution >= 0.6 is 0 Å². The molecule has 258 valence electrons. The fourth-order valence-electron chi connectivity index (χ4n) is 6.65. The average Bonchev–Trinajstić information content (AvgIpc) is 3.52. The minimum absolute atomic E-state index is 0.151. The number of carbonyl (C=O) groups is 4. The Balaban J connectivity index is 0.915. The highest BCUT2D eigenvalue weighted by Crippen LogP contribution is 2.26. The summed E-state index contributed by atoms with van der Waals surface area (Å²) in [6.45, 7) is 3.22. The molecule has 3 aromatic carbocycles. The van der Waals surface area contributed by atoms with Crippen LogP contribution in [0.1, 0.15) is 91.9 Å². The number of unbranched alkanes of at least 4 members (excludes halogenated alkanes) is 4. The zero-order chi connectivity index (χ0) is 34.0. The van der Waals surface area contributed by atoms with Gasteiger partial charge in [0.05, 0.1) is 41.6 Å². The van der Waals surface area contributed by atoms with E-state index >= 15 is 0 Å². The van der Waals surface area contributed by atoms with Crippen LogP contribution < -0.4 is 0 Å². The molecule has 0 bridgehead atoms. The van der Waals surface area contributed by atoms with Crippen LogP contribution in [-0.4, -0.2) is 91.3 Å². The maximum Gasteiger partial charge on any atom is 0.261 e. The Bertz CT molecular complexity index is 1540. The van der Waals surface area contributed by atoms with E-state index in [0.717, 1.165) is 31.2 Å². The molecule has 0 spiro atoms. The highest BCUT2D eigenvalue weighted by Gasteiger charge is 2.37. The van der Waals surface area contributed by atoms with E-state index in [1.807, 2.05) is 30.3 Å². The number of hydrogen-bond acceptors (Lipinski definition) is 8. The lowest BCUT2D eigenvalue weighted by Crippen LogP contribution is -2.49. The molecule has 3 aliphatic heterocycles. The van der Waals surface area contributed by atoms with E-state index in [0.29, 0.717) is 87.6 Å². The van der Waals surface area contributed by atoms with Crippen LogP contribution in [0.25, 0.3) is 0 Å². The zero-order valence-electron chi connectivity index (χ0n) is 27.8. The van der Waals surface area contributed by atoms with Gasteiger partial charge < -0.3 is 18.9 Å². The molecular formula is C39H44N2O8. The van der Waals surface area contributed by atoms with Crippen molar-refractivity contribution >= 4 is 23.6 Å². The molecule has 10 heteroatoms. The van der Waals surface area contributed by atoms with Gasteiger partial charge in [-0.25, -0.2) is 0 Å². The van der Waals surface area contributed by atoms with Crippen LogP contribution in [0, 0.1) is 0 Å². The first kappa shape index (κ1) is 34.6. The topological polar surface area (TPSA) is 112 Å². The lowest BCUT2D eigenvalue weighted by Gasteiger charge is -2.37. The highest BCUT2D eigenvalue weighted by molar-refractivity contribution is 6.22. The summed E-state index contributed by atoms with van der Waals surface area (Å²) in [5.41, 5.74) is 2.99. The number of amides is 4. The van der Waals surface area contributed by atoms with Crippen LogP contribution in [0.3, 0.4) is 0 Å². The van der Waals surface area contributed by atoms with Gasteiger partial charge in [-0.2, -0.15) is 0 Å². The monoisotopic (exact) mass is 668 g/mol. The molecular weight excluding hydrogens is 624 g/mol. The molecule has 10 nitrogen and oxygen atoms in total. The van der Waals surface area contributed by atoms with Crippen molar-refractivity contribution in [3.8, 4) is 0 Å². The zero-order valence-corrected chi connectivity index (χ0v) is 27.8. The molecule has 0 radical (unpaired) electrons. The summed E-state index contributed by atoms with van der Waals surface area (Å²) in [4.78, 5) is 53.1. The normalized spacial score (nSPS) is 20.3. The molecule has 49 heavy (non-hydrogen) atoms. The van der Waals surface area contributed by atoms with Crippen LogP contribution in [0.5, 0.6) is 0 Å². The SMILES string of the molecule is O=C1c2ccccc2C(=O)N1CCCCCOC[C@H]1OCC[C@@H](OCCCCCN2C(=O)c3ccccc3C2=O)[C@@H]1OCc1ccccc1. The van der Waals surface area contributed by atoms with E-state index in [4.69, 9.17) is 18.9 Å². The standard InChI is InChI=1S/C39H44N2O8/c42-36-29-16-6-7-17-30(29)37(43)40(36)21-10-2-12-23-46-27-34-35(49-26-28-14-4-1-5-15-28)33(20-25-48-34)47-24-13-3-11-22-41-38(44)31-18-8-9-19-32(31)39(41)45/h1,4-9,14-19,33-35H,2-3,10-13,20-27H2/t33-,34-,35+/m1/s1. The lowest BCUT2D eigenvalue weighted by molar-refractivity contribution is -0.194. The van der Waals surface area contributed by atoms with Gasteiger partial charge in [0.25, 0.3) is 23.6 Å². The summed E-state index contributed by atoms with van der Waals surface area (Å²) < 4.78 is 24.9. The average molecular weight is 669 g/mol. The number of imide groups is 2. The molecule has 3 aromatic rings. The van der Waals surface area contributed by atoms with Crippen molar-refractivity contribution in [3.05, 3.63) is 107 Å². The summed E-state index contributed by atoms with van der Waals surface area (Å²) in [6.07, 6.45) is 4.65. The summed E-state index contributed by atoms with van der Waals surface area (Å²) in [5, 5.41) is 0. The first-order chi connectivity index (χ1) is 24.0. The third-order valence-electron chi connectivity index (χ3n) is 9.32. The largest absolute Gasteiger partial charge is 0.379 e. The molecule has 3 atom stereocenters. The fourth-order valence-corrected chi connectivity index (χ4v) is 6.65. The summed E-state index contributed by atoms with van der Waals surface area (Å²) in [7, 11) is 0. The van der Waals surface area contributed by atoms with Crippen LogP contribution in [0.15, 0.2) is 78.9 Å². The van der Waals surface area contributed by atoms with Gasteiger partial charge in [0.2, 0.25) is 0 Å². The first-order valence-corrected chi connectivity index (χ1v) is 17.4. The minimum atomic E-state index is -0.305. The smallest absolute Gasteiger partial charge is 0.261 e. The highest BCUT2D eigenvalue weighted by atomic mass is 16.6. The second-order valence-corrected chi connectivity index (χ2v) is 12.7. The van der Waals surface area contributed by atoms with Gasteiger partial charge in [-0.3, -0.25) is 29.0 Å². The molecule has 0 N–H and O–H groups in total. The van der Waals surface area contributed by atoms with E-state index in [9.17, 15) is 19.2 Å². The number of ether oxygens (including phenoxy) is 4. The van der Waals surface area contributed by atoms with Gasteiger partial charge in [-0.05, 0) is 74.8 Å². The van der Waals surface area contributed by atoms with Crippen LogP contribution in [-0.2, 0) is 25.6 Å². The van der Waals surface area contributed by atoms with Crippen molar-refractivity contribution in [2.75, 3.05) is 39.5 Å². The Kier molecular flexibility index (Phi) is 12.0. The van der Waals surface area contributed by atoms with Gasteiger partial charge in [0.15, 0.2) is 0 Å². The van der Waals surface area contributed by atoms with E-state index in [-0.39, 0.29) is 41.9 Å². The number of nitrogens with zero attached hydrogens (tertiary/aromatic N) is 2. The molecule has 3 heterocycles. The van der Waals surface area contributed by atoms with Crippen molar-refractivity contribution < 1.29 is 38.1 Å². The van der Waals surface area contributed by atoms with Gasteiger partial charge >= 0.3 is 0 Å². The molecule has 0 aliphatic carbocycles. The third-order valence-corrected chi connectivity index (χ3v) is 9.32. The Morgan fingerprint density at radius 1 is 0.592 bits per heavy atom. The van der Waals surface area contributed by atoms with E-state index in [2.05, 4.69) is 0 Å². The van der Waals surface area contributed by atoms with Crippen molar-refractivity contribution in [1.29, 1.82) is 0 Å². The van der Waals surface area contributed by atoms with Crippen molar-refractivity contribution in [2.45, 2.75) is 69.9 Å². The molecule has 1 fully saturated rings. The Morgan fingerprint density at radius 2 is 1.10 bits per heavy atom. The maximum atomic E-state index is 12.6. The van der Waals surface area contributed by atoms with E-state index in [1.165, 1.54) is 9.80 Å². The number of benzene rings is 3. The van der Waals surface area contributed by atoms with Crippen molar-refractivity contribution in [1.82, 2.24) is 9.80 Å². The molecule has 0 unspecified atom stereocenters. The fraction of sp³-hybridized carbons (Fsp3) is 0.436. The van der Waals surface area contributed by atoms with Gasteiger partial charge in [0.1, 0.15) is 12.2 Å². The molecule has 4 amide bonds. The molecule has 3 aliphatic rings. The number of hydrogen-bond donors (Lipinski definition) is 0. The second-order valence-electron chi connectivity index (χ2n) is 12.7. The van der Waals surface area contributed by atoms with Crippen molar-refractivity contribution in [2.24, 2.45) is 0 Å². The maximum absolute atomic E-state index is 12.6. The van der Waals surface area contributed by atoms with Crippen LogP contribution in [0.4, 0.5) is 0 Å². The Morgan fingerprint density at radius 3 is 1.65 bits per heavy atom. The van der Waals surface area contributed by atoms with Crippen LogP contribution in [0.2, 0.25) is 0 Å². The third kappa shape index (κ3) is 8.33. The van der Waals surface area contributed by atoms with Gasteiger partial charge in [0, 0.05) is 32.9 Å². The number of rotatable bonds is 18. The molecule has 0 aromatic heterocycles. The summed E-state index contributed by atoms with van der Waals surface area (Å²) in [5.74, 6) is -0.865. The minimum Gasteiger partial charge on any atom is -0.379 e. The van der Waals surface area contributed by atoms with E-state index < -0.39 is 0 Å². The predicted molar refractivity (Wildman–Crippen MR) is 181 cm³/mol. The van der Waals surface area contributed by atoms with E-state index in [1.54, 1.807) is 48.5 Å². The molecule has 0 saturated carbocycles. The van der Waals surface area contributed by atoms with Crippen molar-refractivity contribution in [3.63, 3.8) is 0 Å². The summed E-state index contributed by atoms with van der Waals surface area (Å²) in [6, 6.07) is 23.9. The molecule has 1 saturated heterocycles. The Labute approximate surface area is 287 Å². The quantitative estimate of drug-likeness (QED) is 0.126. The number of fused-ring (bicyclic) bond motifs is 2. The second kappa shape index (κ2) is 16.9. The van der Waals surface area contributed by atoms with Gasteiger partial charge in [-0.15, -0.1) is 0 Å². The Hall–Kier alpha value is -4.22. The first-order valence-electron chi connectivity index (χ1n) is 17.4. The van der Waals surface area contributed by atoms with Gasteiger partial charge in [-0.1, -0.05) is 54.6 Å².